The lowest BCUT2D eigenvalue weighted by Gasteiger charge is -2.36. The molecule has 0 aromatic carbocycles. The van der Waals surface area contributed by atoms with Gasteiger partial charge in [-0.15, -0.1) is 0 Å². The van der Waals surface area contributed by atoms with Crippen molar-refractivity contribution in [2.75, 3.05) is 69.7 Å². The van der Waals surface area contributed by atoms with Crippen molar-refractivity contribution in [1.29, 1.82) is 0 Å². The molecule has 3 rings (SSSR count). The van der Waals surface area contributed by atoms with Crippen molar-refractivity contribution in [3.63, 3.8) is 0 Å². The first kappa shape index (κ1) is 16.0. The van der Waals surface area contributed by atoms with Crippen molar-refractivity contribution in [3.8, 4) is 0 Å². The summed E-state index contributed by atoms with van der Waals surface area (Å²) in [5.41, 5.74) is 0. The van der Waals surface area contributed by atoms with Gasteiger partial charge in [-0.2, -0.15) is 0 Å². The fourth-order valence-electron chi connectivity index (χ4n) is 3.16. The molecule has 0 N–H and O–H groups in total. The molecule has 1 aromatic rings. The summed E-state index contributed by atoms with van der Waals surface area (Å²) in [5.74, 6) is 2.25. The molecule has 0 spiro atoms. The van der Waals surface area contributed by atoms with Crippen LogP contribution in [0.15, 0.2) is 12.4 Å². The lowest BCUT2D eigenvalue weighted by molar-refractivity contribution is -0.127. The van der Waals surface area contributed by atoms with Gasteiger partial charge in [0.2, 0.25) is 5.91 Å². The topological polar surface area (TPSA) is 55.8 Å². The monoisotopic (exact) mass is 318 g/mol. The van der Waals surface area contributed by atoms with Crippen LogP contribution in [0.3, 0.4) is 0 Å². The molecule has 23 heavy (non-hydrogen) atoms. The Kier molecular flexibility index (Phi) is 4.95. The third kappa shape index (κ3) is 3.90. The lowest BCUT2D eigenvalue weighted by atomic mass is 10.3. The van der Waals surface area contributed by atoms with E-state index >= 15 is 0 Å². The number of piperazine rings is 1. The molecule has 3 heterocycles. The Bertz CT molecular complexity index is 541. The van der Waals surface area contributed by atoms with E-state index in [0.29, 0.717) is 5.91 Å². The fraction of sp³-hybridized carbons (Fsp3) is 0.688. The number of hydrogen-bond donors (Lipinski definition) is 0. The fourth-order valence-corrected chi connectivity index (χ4v) is 3.16. The van der Waals surface area contributed by atoms with Gasteiger partial charge in [0.1, 0.15) is 18.0 Å². The molecule has 126 valence electrons. The van der Waals surface area contributed by atoms with Gasteiger partial charge in [-0.05, 0) is 6.42 Å². The Labute approximate surface area is 137 Å². The highest BCUT2D eigenvalue weighted by Crippen LogP contribution is 2.17. The normalized spacial score (nSPS) is 19.5. The molecule has 0 atom stereocenters. The van der Waals surface area contributed by atoms with E-state index in [-0.39, 0.29) is 0 Å². The molecule has 1 amide bonds. The molecule has 2 aliphatic heterocycles. The maximum Gasteiger partial charge on any atom is 0.222 e. The van der Waals surface area contributed by atoms with Crippen LogP contribution in [0.5, 0.6) is 0 Å². The van der Waals surface area contributed by atoms with Crippen LogP contribution in [0.1, 0.15) is 12.8 Å². The van der Waals surface area contributed by atoms with Gasteiger partial charge in [-0.3, -0.25) is 9.69 Å². The van der Waals surface area contributed by atoms with E-state index < -0.39 is 0 Å². The minimum atomic E-state index is 0.320. The molecular formula is C16H26N6O. The third-order valence-electron chi connectivity index (χ3n) is 4.65. The van der Waals surface area contributed by atoms with Gasteiger partial charge in [-0.1, -0.05) is 0 Å². The first-order chi connectivity index (χ1) is 11.1. The molecule has 0 bridgehead atoms. The van der Waals surface area contributed by atoms with Crippen molar-refractivity contribution in [2.45, 2.75) is 12.8 Å². The standard InChI is InChI=1S/C16H26N6O/c1-19(2)14-12-15(18-13-17-14)21-9-6-20(7-10-21)8-11-22-5-3-4-16(22)23/h12-13H,3-11H2,1-2H3. The van der Waals surface area contributed by atoms with Crippen molar-refractivity contribution in [1.82, 2.24) is 19.8 Å². The molecule has 2 aliphatic rings. The molecule has 2 saturated heterocycles. The van der Waals surface area contributed by atoms with Gasteiger partial charge in [0.25, 0.3) is 0 Å². The third-order valence-corrected chi connectivity index (χ3v) is 4.65. The number of nitrogens with zero attached hydrogens (tertiary/aromatic N) is 6. The molecule has 7 heteroatoms. The van der Waals surface area contributed by atoms with Gasteiger partial charge < -0.3 is 14.7 Å². The summed E-state index contributed by atoms with van der Waals surface area (Å²) in [6.07, 6.45) is 3.39. The molecule has 1 aromatic heterocycles. The van der Waals surface area contributed by atoms with Gasteiger partial charge in [0, 0.05) is 72.4 Å². The minimum absolute atomic E-state index is 0.320. The molecular weight excluding hydrogens is 292 g/mol. The van der Waals surface area contributed by atoms with E-state index in [0.717, 1.165) is 70.3 Å². The van der Waals surface area contributed by atoms with E-state index in [1.54, 1.807) is 6.33 Å². The number of anilines is 2. The summed E-state index contributed by atoms with van der Waals surface area (Å²) >= 11 is 0. The number of amides is 1. The van der Waals surface area contributed by atoms with E-state index in [1.807, 2.05) is 30.0 Å². The number of aromatic nitrogens is 2. The Morgan fingerprint density at radius 1 is 1.09 bits per heavy atom. The Balaban J connectivity index is 1.48. The van der Waals surface area contributed by atoms with E-state index in [9.17, 15) is 4.79 Å². The summed E-state index contributed by atoms with van der Waals surface area (Å²) in [4.78, 5) is 29.1. The first-order valence-electron chi connectivity index (χ1n) is 8.38. The first-order valence-corrected chi connectivity index (χ1v) is 8.38. The van der Waals surface area contributed by atoms with Crippen molar-refractivity contribution in [2.24, 2.45) is 0 Å². The quantitative estimate of drug-likeness (QED) is 0.778. The maximum atomic E-state index is 11.7. The molecule has 2 fully saturated rings. The summed E-state index contributed by atoms with van der Waals surface area (Å²) in [7, 11) is 3.98. The molecule has 0 unspecified atom stereocenters. The number of carbonyl (C=O) groups is 1. The average molecular weight is 318 g/mol. The largest absolute Gasteiger partial charge is 0.363 e. The van der Waals surface area contributed by atoms with Crippen molar-refractivity contribution >= 4 is 17.5 Å². The summed E-state index contributed by atoms with van der Waals surface area (Å²) in [6.45, 7) is 6.76. The summed E-state index contributed by atoms with van der Waals surface area (Å²) < 4.78 is 0. The van der Waals surface area contributed by atoms with Crippen LogP contribution in [0.2, 0.25) is 0 Å². The minimum Gasteiger partial charge on any atom is -0.363 e. The Morgan fingerprint density at radius 2 is 1.87 bits per heavy atom. The Hall–Kier alpha value is -1.89. The van der Waals surface area contributed by atoms with Gasteiger partial charge in [0.05, 0.1) is 0 Å². The molecule has 0 aliphatic carbocycles. The van der Waals surface area contributed by atoms with Gasteiger partial charge >= 0.3 is 0 Å². The molecule has 7 nitrogen and oxygen atoms in total. The highest BCUT2D eigenvalue weighted by atomic mass is 16.2. The van der Waals surface area contributed by atoms with Crippen molar-refractivity contribution in [3.05, 3.63) is 12.4 Å². The average Bonchev–Trinajstić information content (AvgIpc) is 2.98. The van der Waals surface area contributed by atoms with Crippen LogP contribution >= 0.6 is 0 Å². The zero-order valence-corrected chi connectivity index (χ0v) is 14.1. The maximum absolute atomic E-state index is 11.7. The zero-order chi connectivity index (χ0) is 16.2. The summed E-state index contributed by atoms with van der Waals surface area (Å²) in [6, 6.07) is 2.04. The van der Waals surface area contributed by atoms with Crippen LogP contribution in [-0.2, 0) is 4.79 Å². The van der Waals surface area contributed by atoms with Crippen LogP contribution in [0.25, 0.3) is 0 Å². The smallest absolute Gasteiger partial charge is 0.222 e. The van der Waals surface area contributed by atoms with E-state index in [4.69, 9.17) is 0 Å². The highest BCUT2D eigenvalue weighted by molar-refractivity contribution is 5.78. The van der Waals surface area contributed by atoms with Gasteiger partial charge in [0.15, 0.2) is 0 Å². The van der Waals surface area contributed by atoms with E-state index in [1.165, 1.54) is 0 Å². The molecule has 0 saturated carbocycles. The van der Waals surface area contributed by atoms with Gasteiger partial charge in [-0.25, -0.2) is 9.97 Å². The second-order valence-electron chi connectivity index (χ2n) is 6.44. The number of carbonyl (C=O) groups excluding carboxylic acids is 1. The number of likely N-dealkylation sites (tertiary alicyclic amines) is 1. The predicted molar refractivity (Wildman–Crippen MR) is 90.8 cm³/mol. The van der Waals surface area contributed by atoms with Crippen LogP contribution in [-0.4, -0.2) is 85.6 Å². The van der Waals surface area contributed by atoms with Crippen LogP contribution in [0.4, 0.5) is 11.6 Å². The van der Waals surface area contributed by atoms with Crippen LogP contribution in [0, 0.1) is 0 Å². The number of rotatable bonds is 5. The predicted octanol–water partition coefficient (Wildman–Crippen LogP) is 0.287. The lowest BCUT2D eigenvalue weighted by Crippen LogP contribution is -2.48. The number of hydrogen-bond acceptors (Lipinski definition) is 6. The van der Waals surface area contributed by atoms with E-state index in [2.05, 4.69) is 19.8 Å². The van der Waals surface area contributed by atoms with Crippen molar-refractivity contribution < 1.29 is 4.79 Å². The zero-order valence-electron chi connectivity index (χ0n) is 14.1. The SMILES string of the molecule is CN(C)c1cc(N2CCN(CCN3CCCC3=O)CC2)ncn1. The summed E-state index contributed by atoms with van der Waals surface area (Å²) in [5, 5.41) is 0. The molecule has 0 radical (unpaired) electrons. The highest BCUT2D eigenvalue weighted by Gasteiger charge is 2.22. The second kappa shape index (κ2) is 7.12. The Morgan fingerprint density at radius 3 is 2.52 bits per heavy atom. The van der Waals surface area contributed by atoms with Crippen LogP contribution < -0.4 is 9.80 Å². The second-order valence-corrected chi connectivity index (χ2v) is 6.44.